The van der Waals surface area contributed by atoms with Gasteiger partial charge in [-0.15, -0.1) is 0 Å². The highest BCUT2D eigenvalue weighted by molar-refractivity contribution is 9.10. The molecule has 1 atom stereocenters. The molecule has 1 fully saturated rings. The zero-order chi connectivity index (χ0) is 12.3. The van der Waals surface area contributed by atoms with Gasteiger partial charge in [0.25, 0.3) is 0 Å². The number of nitrogens with one attached hydrogen (secondary N) is 1. The Morgan fingerprint density at radius 3 is 2.82 bits per heavy atom. The second kappa shape index (κ2) is 5.51. The molecule has 0 saturated carbocycles. The van der Waals surface area contributed by atoms with Gasteiger partial charge in [0.2, 0.25) is 0 Å². The molecule has 0 aromatic heterocycles. The SMILES string of the molecule is CNCCC1COC(=O)N1c1ccc(Br)cc1. The van der Waals surface area contributed by atoms with Gasteiger partial charge < -0.3 is 10.1 Å². The Kier molecular flexibility index (Phi) is 4.02. The monoisotopic (exact) mass is 298 g/mol. The first-order valence-corrected chi connectivity index (χ1v) is 6.38. The number of amides is 1. The number of benzene rings is 1. The van der Waals surface area contributed by atoms with E-state index in [1.54, 1.807) is 4.90 Å². The molecule has 1 saturated heterocycles. The second-order valence-corrected chi connectivity index (χ2v) is 4.89. The summed E-state index contributed by atoms with van der Waals surface area (Å²) in [5.74, 6) is 0. The van der Waals surface area contributed by atoms with Crippen LogP contribution in [0.4, 0.5) is 10.5 Å². The molecule has 1 heterocycles. The van der Waals surface area contributed by atoms with Gasteiger partial charge in [0.05, 0.1) is 6.04 Å². The molecule has 1 aromatic carbocycles. The maximum atomic E-state index is 11.7. The smallest absolute Gasteiger partial charge is 0.414 e. The molecule has 0 bridgehead atoms. The molecule has 1 amide bonds. The lowest BCUT2D eigenvalue weighted by molar-refractivity contribution is 0.178. The first-order valence-electron chi connectivity index (χ1n) is 5.58. The molecular weight excluding hydrogens is 284 g/mol. The summed E-state index contributed by atoms with van der Waals surface area (Å²) in [4.78, 5) is 13.4. The average molecular weight is 299 g/mol. The second-order valence-electron chi connectivity index (χ2n) is 3.97. The number of ether oxygens (including phenoxy) is 1. The van der Waals surface area contributed by atoms with E-state index in [1.807, 2.05) is 31.3 Å². The summed E-state index contributed by atoms with van der Waals surface area (Å²) in [5, 5.41) is 3.09. The fourth-order valence-electron chi connectivity index (χ4n) is 1.90. The van der Waals surface area contributed by atoms with Gasteiger partial charge in [-0.25, -0.2) is 4.79 Å². The van der Waals surface area contributed by atoms with Crippen molar-refractivity contribution < 1.29 is 9.53 Å². The lowest BCUT2D eigenvalue weighted by Gasteiger charge is -2.21. The summed E-state index contributed by atoms with van der Waals surface area (Å²) < 4.78 is 6.11. The number of anilines is 1. The zero-order valence-corrected chi connectivity index (χ0v) is 11.2. The van der Waals surface area contributed by atoms with Crippen molar-refractivity contribution in [1.82, 2.24) is 5.32 Å². The molecule has 1 aromatic rings. The van der Waals surface area contributed by atoms with Crippen molar-refractivity contribution in [2.45, 2.75) is 12.5 Å². The van der Waals surface area contributed by atoms with Crippen LogP contribution >= 0.6 is 15.9 Å². The maximum Gasteiger partial charge on any atom is 0.414 e. The largest absolute Gasteiger partial charge is 0.447 e. The number of cyclic esters (lactones) is 1. The van der Waals surface area contributed by atoms with Gasteiger partial charge in [-0.05, 0) is 44.3 Å². The first-order chi connectivity index (χ1) is 8.22. The van der Waals surface area contributed by atoms with Crippen molar-refractivity contribution in [3.05, 3.63) is 28.7 Å². The minimum atomic E-state index is -0.256. The van der Waals surface area contributed by atoms with Crippen LogP contribution < -0.4 is 10.2 Å². The number of halogens is 1. The number of hydrogen-bond donors (Lipinski definition) is 1. The summed E-state index contributed by atoms with van der Waals surface area (Å²) in [6.45, 7) is 1.34. The van der Waals surface area contributed by atoms with Crippen molar-refractivity contribution in [3.8, 4) is 0 Å². The Balaban J connectivity index is 2.15. The van der Waals surface area contributed by atoms with Crippen molar-refractivity contribution in [1.29, 1.82) is 0 Å². The third-order valence-electron chi connectivity index (χ3n) is 2.79. The quantitative estimate of drug-likeness (QED) is 0.928. The minimum absolute atomic E-state index is 0.121. The summed E-state index contributed by atoms with van der Waals surface area (Å²) in [7, 11) is 1.90. The van der Waals surface area contributed by atoms with E-state index < -0.39 is 0 Å². The van der Waals surface area contributed by atoms with Gasteiger partial charge >= 0.3 is 6.09 Å². The van der Waals surface area contributed by atoms with E-state index in [0.29, 0.717) is 6.61 Å². The van der Waals surface area contributed by atoms with Crippen LogP contribution in [0.25, 0.3) is 0 Å². The van der Waals surface area contributed by atoms with Gasteiger partial charge in [0, 0.05) is 10.2 Å². The van der Waals surface area contributed by atoms with Gasteiger partial charge in [0.1, 0.15) is 6.61 Å². The molecule has 2 rings (SSSR count). The normalized spacial score (nSPS) is 19.5. The number of nitrogens with zero attached hydrogens (tertiary/aromatic N) is 1. The summed E-state index contributed by atoms with van der Waals surface area (Å²) >= 11 is 3.38. The number of hydrogen-bond acceptors (Lipinski definition) is 3. The Morgan fingerprint density at radius 1 is 1.47 bits per heavy atom. The fourth-order valence-corrected chi connectivity index (χ4v) is 2.17. The third kappa shape index (κ3) is 2.79. The van der Waals surface area contributed by atoms with Crippen LogP contribution in [0.2, 0.25) is 0 Å². The van der Waals surface area contributed by atoms with E-state index in [9.17, 15) is 4.79 Å². The predicted molar refractivity (Wildman–Crippen MR) is 70.3 cm³/mol. The van der Waals surface area contributed by atoms with E-state index in [1.165, 1.54) is 0 Å². The maximum absolute atomic E-state index is 11.7. The van der Waals surface area contributed by atoms with Gasteiger partial charge in [-0.2, -0.15) is 0 Å². The van der Waals surface area contributed by atoms with Crippen LogP contribution in [-0.4, -0.2) is 32.3 Å². The molecule has 5 heteroatoms. The van der Waals surface area contributed by atoms with Gasteiger partial charge in [-0.1, -0.05) is 15.9 Å². The Morgan fingerprint density at radius 2 is 2.18 bits per heavy atom. The highest BCUT2D eigenvalue weighted by atomic mass is 79.9. The Bertz CT molecular complexity index is 394. The summed E-state index contributed by atoms with van der Waals surface area (Å²) in [6, 6.07) is 7.81. The van der Waals surface area contributed by atoms with Crippen LogP contribution in [0.1, 0.15) is 6.42 Å². The molecule has 0 radical (unpaired) electrons. The molecule has 0 aliphatic carbocycles. The summed E-state index contributed by atoms with van der Waals surface area (Å²) in [6.07, 6.45) is 0.631. The highest BCUT2D eigenvalue weighted by Gasteiger charge is 2.33. The topological polar surface area (TPSA) is 41.6 Å². The number of carbonyl (C=O) groups excluding carboxylic acids is 1. The fraction of sp³-hybridized carbons (Fsp3) is 0.417. The van der Waals surface area contributed by atoms with Gasteiger partial charge in [0.15, 0.2) is 0 Å². The van der Waals surface area contributed by atoms with Crippen molar-refractivity contribution >= 4 is 27.7 Å². The molecule has 4 nitrogen and oxygen atoms in total. The zero-order valence-electron chi connectivity index (χ0n) is 9.65. The van der Waals surface area contributed by atoms with Crippen LogP contribution in [0, 0.1) is 0 Å². The molecule has 0 spiro atoms. The van der Waals surface area contributed by atoms with E-state index >= 15 is 0 Å². The molecule has 1 unspecified atom stereocenters. The molecule has 1 aliphatic heterocycles. The Labute approximate surface area is 109 Å². The predicted octanol–water partition coefficient (Wildman–Crippen LogP) is 2.38. The summed E-state index contributed by atoms with van der Waals surface area (Å²) in [5.41, 5.74) is 0.886. The average Bonchev–Trinajstić information content (AvgIpc) is 2.69. The standard InChI is InChI=1S/C12H15BrN2O2/c1-14-7-6-11-8-17-12(16)15(11)10-4-2-9(13)3-5-10/h2-5,11,14H,6-8H2,1H3. The van der Waals surface area contributed by atoms with Crippen molar-refractivity contribution in [3.63, 3.8) is 0 Å². The molecule has 17 heavy (non-hydrogen) atoms. The van der Waals surface area contributed by atoms with Crippen LogP contribution in [0.3, 0.4) is 0 Å². The van der Waals surface area contributed by atoms with E-state index in [0.717, 1.165) is 23.1 Å². The third-order valence-corrected chi connectivity index (χ3v) is 3.32. The number of carbonyl (C=O) groups is 1. The molecule has 92 valence electrons. The van der Waals surface area contributed by atoms with Crippen LogP contribution in [0.15, 0.2) is 28.7 Å². The number of rotatable bonds is 4. The van der Waals surface area contributed by atoms with Gasteiger partial charge in [-0.3, -0.25) is 4.90 Å². The van der Waals surface area contributed by atoms with Crippen LogP contribution in [-0.2, 0) is 4.74 Å². The van der Waals surface area contributed by atoms with E-state index in [-0.39, 0.29) is 12.1 Å². The van der Waals surface area contributed by atoms with Crippen molar-refractivity contribution in [2.75, 3.05) is 25.1 Å². The van der Waals surface area contributed by atoms with Crippen LogP contribution in [0.5, 0.6) is 0 Å². The molecule has 1 aliphatic rings. The van der Waals surface area contributed by atoms with E-state index in [4.69, 9.17) is 4.74 Å². The molecular formula is C12H15BrN2O2. The minimum Gasteiger partial charge on any atom is -0.447 e. The first kappa shape index (κ1) is 12.4. The lowest BCUT2D eigenvalue weighted by atomic mass is 10.2. The van der Waals surface area contributed by atoms with E-state index in [2.05, 4.69) is 21.2 Å². The molecule has 1 N–H and O–H groups in total. The Hall–Kier alpha value is -1.07. The lowest BCUT2D eigenvalue weighted by Crippen LogP contribution is -2.35. The highest BCUT2D eigenvalue weighted by Crippen LogP contribution is 2.25. The van der Waals surface area contributed by atoms with Crippen molar-refractivity contribution in [2.24, 2.45) is 0 Å².